The zero-order valence-electron chi connectivity index (χ0n) is 32.0. The SMILES string of the molecule is C1CCOC1.CC(C)[N-]C(=[NH+]C(C)C)N([Si](C)(C)C)[Si](C)(C)C.CC(C)[N-]C(=[NH+]C(C)C)N([Si](C)(C)C)[Si](C)(C)C.[Mg+2]. The Kier molecular flexibility index (Phi) is 22.5. The van der Waals surface area contributed by atoms with Crippen molar-refractivity contribution >= 4 is 67.9 Å². The molecule has 1 heterocycles. The quantitative estimate of drug-likeness (QED) is 0.201. The van der Waals surface area contributed by atoms with Crippen molar-refractivity contribution in [2.24, 2.45) is 0 Å². The van der Waals surface area contributed by atoms with Crippen molar-refractivity contribution in [1.29, 1.82) is 0 Å². The first-order valence-corrected chi connectivity index (χ1v) is 29.9. The average molecular weight is 672 g/mol. The van der Waals surface area contributed by atoms with Gasteiger partial charge in [0.1, 0.15) is 32.9 Å². The van der Waals surface area contributed by atoms with E-state index in [0.717, 1.165) is 25.1 Å². The molecule has 42 heavy (non-hydrogen) atoms. The van der Waals surface area contributed by atoms with Crippen molar-refractivity contribution in [2.75, 3.05) is 13.2 Å². The van der Waals surface area contributed by atoms with E-state index in [9.17, 15) is 0 Å². The molecule has 0 unspecified atom stereocenters. The van der Waals surface area contributed by atoms with Crippen molar-refractivity contribution in [3.63, 3.8) is 0 Å². The van der Waals surface area contributed by atoms with Crippen LogP contribution in [-0.2, 0) is 4.74 Å². The largest absolute Gasteiger partial charge is 2.00 e. The number of nitrogens with one attached hydrogen (secondary N) is 2. The first kappa shape index (κ1) is 46.6. The first-order chi connectivity index (χ1) is 18.2. The maximum absolute atomic E-state index is 4.94. The summed E-state index contributed by atoms with van der Waals surface area (Å²) in [5.41, 5.74) is 0. The van der Waals surface area contributed by atoms with Crippen molar-refractivity contribution in [3.8, 4) is 0 Å². The number of nitrogens with zero attached hydrogens (tertiary/aromatic N) is 4. The Bertz CT molecular complexity index is 681. The van der Waals surface area contributed by atoms with Crippen LogP contribution in [-0.4, -0.2) is 114 Å². The summed E-state index contributed by atoms with van der Waals surface area (Å²) in [6, 6.07) is 1.53. The monoisotopic (exact) mass is 670 g/mol. The van der Waals surface area contributed by atoms with Crippen molar-refractivity contribution in [1.82, 2.24) is 8.46 Å². The molecular formula is C30H74MgN6OSi4+2. The normalized spacial score (nSPS) is 15.1. The van der Waals surface area contributed by atoms with Crippen LogP contribution in [0, 0.1) is 0 Å². The third-order valence-corrected chi connectivity index (χ3v) is 19.8. The summed E-state index contributed by atoms with van der Waals surface area (Å²) in [5, 5.41) is 9.70. The number of hydrogen-bond acceptors (Lipinski definition) is 1. The van der Waals surface area contributed by atoms with Gasteiger partial charge in [0.25, 0.3) is 0 Å². The zero-order valence-corrected chi connectivity index (χ0v) is 37.5. The molecule has 0 aromatic heterocycles. The molecule has 1 saturated heterocycles. The van der Waals surface area contributed by atoms with Crippen LogP contribution in [0.15, 0.2) is 0 Å². The maximum Gasteiger partial charge on any atom is 2.00 e. The van der Waals surface area contributed by atoms with Gasteiger partial charge in [0.15, 0.2) is 11.9 Å². The predicted octanol–water partition coefficient (Wildman–Crippen LogP) is 5.59. The maximum atomic E-state index is 4.94. The second-order valence-electron chi connectivity index (χ2n) is 16.4. The molecule has 0 aromatic carbocycles. The average Bonchev–Trinajstić information content (AvgIpc) is 3.21. The van der Waals surface area contributed by atoms with Gasteiger partial charge in [-0.15, -0.1) is 0 Å². The number of rotatable bonds is 8. The van der Waals surface area contributed by atoms with Gasteiger partial charge in [-0.2, -0.15) is 0 Å². The molecule has 1 aliphatic heterocycles. The molecule has 0 bridgehead atoms. The van der Waals surface area contributed by atoms with Gasteiger partial charge >= 0.3 is 23.1 Å². The number of guanidine groups is 2. The standard InChI is InChI=1S/2C13H32N3Si2.C4H8O.Mg/c2*1-11(2)14-13(15-12(3)4)16(17(5,6)7)18(8,9)10;1-2-4-5-3-1;/h2*11-12H,1-10H3;1-4H2;/q2*-1;;+2/p+2. The van der Waals surface area contributed by atoms with Crippen molar-refractivity contribution in [3.05, 3.63) is 10.6 Å². The molecule has 0 amide bonds. The molecule has 1 fully saturated rings. The van der Waals surface area contributed by atoms with Crippen LogP contribution in [0.3, 0.4) is 0 Å². The van der Waals surface area contributed by atoms with Crippen LogP contribution < -0.4 is 9.98 Å². The first-order valence-electron chi connectivity index (χ1n) is 16.1. The van der Waals surface area contributed by atoms with E-state index in [4.69, 9.17) is 15.4 Å². The van der Waals surface area contributed by atoms with Gasteiger partial charge in [-0.05, 0) is 68.2 Å². The Morgan fingerprint density at radius 3 is 0.881 bits per heavy atom. The molecule has 0 saturated carbocycles. The summed E-state index contributed by atoms with van der Waals surface area (Å²) in [5.74, 6) is 2.25. The summed E-state index contributed by atoms with van der Waals surface area (Å²) in [6.07, 6.45) is 2.56. The smallest absolute Gasteiger partial charge is 0.396 e. The van der Waals surface area contributed by atoms with E-state index < -0.39 is 32.9 Å². The van der Waals surface area contributed by atoms with Gasteiger partial charge in [0.2, 0.25) is 0 Å². The van der Waals surface area contributed by atoms with Crippen LogP contribution in [0.5, 0.6) is 0 Å². The molecule has 0 spiro atoms. The van der Waals surface area contributed by atoms with Crippen LogP contribution >= 0.6 is 0 Å². The third kappa shape index (κ3) is 21.8. The summed E-state index contributed by atoms with van der Waals surface area (Å²) in [4.78, 5) is 7.14. The van der Waals surface area contributed by atoms with Gasteiger partial charge in [-0.3, -0.25) is 10.6 Å². The second-order valence-corrected chi connectivity index (χ2v) is 36.4. The third-order valence-electron chi connectivity index (χ3n) is 5.53. The summed E-state index contributed by atoms with van der Waals surface area (Å²) in [6.45, 7) is 48.2. The molecule has 7 nitrogen and oxygen atoms in total. The van der Waals surface area contributed by atoms with Crippen LogP contribution in [0.1, 0.15) is 68.2 Å². The topological polar surface area (TPSA) is 71.9 Å². The van der Waals surface area contributed by atoms with Crippen LogP contribution in [0.2, 0.25) is 78.6 Å². The summed E-state index contributed by atoms with van der Waals surface area (Å²) in [7, 11) is -5.67. The minimum Gasteiger partial charge on any atom is -0.396 e. The molecule has 1 rings (SSSR count). The Hall–Kier alpha value is 0.134. The Labute approximate surface area is 284 Å². The van der Waals surface area contributed by atoms with Crippen LogP contribution in [0.4, 0.5) is 0 Å². The molecule has 0 aliphatic carbocycles. The number of hydrogen-bond donors (Lipinski definition) is 2. The van der Waals surface area contributed by atoms with Gasteiger partial charge < -0.3 is 23.2 Å². The van der Waals surface area contributed by atoms with E-state index >= 15 is 0 Å². The predicted molar refractivity (Wildman–Crippen MR) is 202 cm³/mol. The van der Waals surface area contributed by atoms with E-state index in [1.54, 1.807) is 0 Å². The molecule has 0 aromatic rings. The van der Waals surface area contributed by atoms with E-state index in [2.05, 4.69) is 152 Å². The van der Waals surface area contributed by atoms with Gasteiger partial charge in [-0.25, -0.2) is 0 Å². The fraction of sp³-hybridized carbons (Fsp3) is 0.933. The minimum atomic E-state index is -1.42. The Balaban J connectivity index is -0.000000605. The molecule has 0 radical (unpaired) electrons. The molecular weight excluding hydrogens is 597 g/mol. The Morgan fingerprint density at radius 2 is 0.762 bits per heavy atom. The summed E-state index contributed by atoms with van der Waals surface area (Å²) < 4.78 is 10.2. The Morgan fingerprint density at radius 1 is 0.524 bits per heavy atom. The van der Waals surface area contributed by atoms with Crippen molar-refractivity contribution in [2.45, 2.75) is 171 Å². The van der Waals surface area contributed by atoms with Crippen LogP contribution in [0.25, 0.3) is 10.6 Å². The molecule has 1 aliphatic rings. The van der Waals surface area contributed by atoms with Gasteiger partial charge in [0, 0.05) is 37.4 Å². The summed E-state index contributed by atoms with van der Waals surface area (Å²) >= 11 is 0. The van der Waals surface area contributed by atoms with Gasteiger partial charge in [-0.1, -0.05) is 78.6 Å². The fourth-order valence-electron chi connectivity index (χ4n) is 5.12. The minimum absolute atomic E-state index is 0. The number of ether oxygens (including phenoxy) is 1. The fourth-order valence-corrected chi connectivity index (χ4v) is 24.2. The van der Waals surface area contributed by atoms with E-state index in [1.165, 1.54) is 12.8 Å². The van der Waals surface area contributed by atoms with E-state index in [-0.39, 0.29) is 23.1 Å². The van der Waals surface area contributed by atoms with Crippen molar-refractivity contribution < 1.29 is 14.7 Å². The molecule has 246 valence electrons. The van der Waals surface area contributed by atoms with Gasteiger partial charge in [0.05, 0.1) is 0 Å². The van der Waals surface area contributed by atoms with E-state index in [1.807, 2.05) is 0 Å². The molecule has 0 atom stereocenters. The molecule has 2 N–H and O–H groups in total. The second kappa shape index (κ2) is 20.3. The zero-order chi connectivity index (χ0) is 33.0. The molecule has 12 heteroatoms. The van der Waals surface area contributed by atoms with E-state index in [0.29, 0.717) is 24.2 Å².